The maximum absolute atomic E-state index is 13.1. The first-order valence-corrected chi connectivity index (χ1v) is 44.7. The van der Waals surface area contributed by atoms with Gasteiger partial charge in [0.2, 0.25) is 0 Å². The fourth-order valence-corrected chi connectivity index (χ4v) is 14.0. The lowest BCUT2D eigenvalue weighted by atomic mass is 9.99. The molecule has 0 fully saturated rings. The molecule has 3 N–H and O–H groups in total. The minimum Gasteiger partial charge on any atom is -0.462 e. The van der Waals surface area contributed by atoms with Gasteiger partial charge < -0.3 is 33.8 Å². The van der Waals surface area contributed by atoms with E-state index in [1.54, 1.807) is 0 Å². The molecule has 594 valence electrons. The van der Waals surface area contributed by atoms with Gasteiger partial charge in [-0.3, -0.25) is 37.3 Å². The van der Waals surface area contributed by atoms with Crippen LogP contribution in [0.2, 0.25) is 0 Å². The Morgan fingerprint density at radius 3 is 0.710 bits per heavy atom. The van der Waals surface area contributed by atoms with Crippen molar-refractivity contribution in [3.8, 4) is 0 Å². The molecule has 0 radical (unpaired) electrons. The van der Waals surface area contributed by atoms with E-state index in [4.69, 9.17) is 37.0 Å². The highest BCUT2D eigenvalue weighted by Crippen LogP contribution is 2.45. The number of phosphoric ester groups is 2. The Morgan fingerprint density at radius 2 is 0.480 bits per heavy atom. The number of aliphatic hydroxyl groups is 1. The zero-order chi connectivity index (χ0) is 73.8. The first-order valence-electron chi connectivity index (χ1n) is 41.7. The fraction of sp³-hybridized carbons (Fsp3) is 0.951. The smallest absolute Gasteiger partial charge is 0.462 e. The summed E-state index contributed by atoms with van der Waals surface area (Å²) in [6.45, 7) is 14.3. The van der Waals surface area contributed by atoms with Gasteiger partial charge >= 0.3 is 39.5 Å². The van der Waals surface area contributed by atoms with Crippen LogP contribution in [-0.2, 0) is 65.4 Å². The Labute approximate surface area is 613 Å². The number of aliphatic hydroxyl groups excluding tert-OH is 1. The monoisotopic (exact) mass is 1470 g/mol. The minimum absolute atomic E-state index is 0.106. The maximum atomic E-state index is 13.1. The van der Waals surface area contributed by atoms with E-state index in [1.807, 2.05) is 0 Å². The molecule has 0 aliphatic carbocycles. The largest absolute Gasteiger partial charge is 0.472 e. The van der Waals surface area contributed by atoms with Crippen LogP contribution in [0.4, 0.5) is 0 Å². The molecule has 0 aliphatic heterocycles. The van der Waals surface area contributed by atoms with Gasteiger partial charge in [0.15, 0.2) is 12.2 Å². The highest BCUT2D eigenvalue weighted by Gasteiger charge is 2.30. The second-order valence-electron chi connectivity index (χ2n) is 30.8. The molecule has 6 atom stereocenters. The molecule has 0 aromatic carbocycles. The number of ether oxygens (including phenoxy) is 4. The van der Waals surface area contributed by atoms with Crippen LogP contribution in [0.1, 0.15) is 415 Å². The molecule has 0 bridgehead atoms. The Kier molecular flexibility index (Phi) is 68.7. The van der Waals surface area contributed by atoms with E-state index in [0.29, 0.717) is 25.7 Å². The summed E-state index contributed by atoms with van der Waals surface area (Å²) in [6, 6.07) is 0. The van der Waals surface area contributed by atoms with E-state index >= 15 is 0 Å². The molecule has 0 saturated heterocycles. The molecular formula is C81H158O17P2. The van der Waals surface area contributed by atoms with Crippen molar-refractivity contribution in [2.24, 2.45) is 23.7 Å². The predicted octanol–water partition coefficient (Wildman–Crippen LogP) is 24.0. The standard InChI is InChI=1S/C81H158O17P2/c1-9-74(8)60-52-44-36-28-22-23-31-40-48-56-64-81(86)98-77(68-92-79(84)62-54-46-38-32-24-27-35-43-51-59-73(6)7)70-96-100(89,90)94-66-75(82)65-93-99(87,88)95-69-76(67-91-78(83)61-53-45-37-29-20-17-13-15-19-26-34-42-50-58-72(4)5)97-80(85)63-55-47-39-30-21-16-12-10-11-14-18-25-33-41-49-57-71(2)3/h71-77,82H,9-70H2,1-8H3,(H,87,88)(H,89,90)/t74?,75-,76-,77-/m1/s1. The van der Waals surface area contributed by atoms with Crippen molar-refractivity contribution in [3.05, 3.63) is 0 Å². The lowest BCUT2D eigenvalue weighted by Crippen LogP contribution is -2.30. The zero-order valence-corrected chi connectivity index (χ0v) is 67.6. The van der Waals surface area contributed by atoms with Crippen LogP contribution in [0.15, 0.2) is 0 Å². The number of hydrogen-bond donors (Lipinski definition) is 3. The number of carbonyl (C=O) groups is 4. The van der Waals surface area contributed by atoms with Gasteiger partial charge in [0.1, 0.15) is 19.3 Å². The molecule has 0 amide bonds. The summed E-state index contributed by atoms with van der Waals surface area (Å²) in [5, 5.41) is 10.6. The van der Waals surface area contributed by atoms with Crippen LogP contribution >= 0.6 is 15.6 Å². The van der Waals surface area contributed by atoms with Gasteiger partial charge in [0.05, 0.1) is 26.4 Å². The van der Waals surface area contributed by atoms with Crippen molar-refractivity contribution < 1.29 is 80.2 Å². The normalized spacial score (nSPS) is 14.3. The first-order chi connectivity index (χ1) is 48.1. The third kappa shape index (κ3) is 73.0. The van der Waals surface area contributed by atoms with Crippen LogP contribution in [0, 0.1) is 23.7 Å². The molecule has 0 aromatic rings. The molecule has 100 heavy (non-hydrogen) atoms. The van der Waals surface area contributed by atoms with Gasteiger partial charge in [-0.1, -0.05) is 364 Å². The summed E-state index contributed by atoms with van der Waals surface area (Å²) in [6.07, 6.45) is 56.7. The average molecular weight is 1470 g/mol. The van der Waals surface area contributed by atoms with Crippen LogP contribution in [0.5, 0.6) is 0 Å². The highest BCUT2D eigenvalue weighted by atomic mass is 31.2. The van der Waals surface area contributed by atoms with E-state index in [9.17, 15) is 43.2 Å². The lowest BCUT2D eigenvalue weighted by Gasteiger charge is -2.21. The average Bonchev–Trinajstić information content (AvgIpc) is 0.934. The Hall–Kier alpha value is -1.94. The minimum atomic E-state index is -4.96. The quantitative estimate of drug-likeness (QED) is 0.0222. The first kappa shape index (κ1) is 98.1. The summed E-state index contributed by atoms with van der Waals surface area (Å²) in [4.78, 5) is 73.1. The maximum Gasteiger partial charge on any atom is 0.472 e. The SMILES string of the molecule is CCC(C)CCCCCCCCCCCCC(=O)O[C@H](COC(=O)CCCCCCCCCCCC(C)C)COP(=O)(O)OC[C@H](O)COP(=O)(O)OC[C@@H](COC(=O)CCCCCCCCCCCCCCCC(C)C)OC(=O)CCCCCCCCCCCCCCCCCC(C)C. The van der Waals surface area contributed by atoms with E-state index in [2.05, 4.69) is 55.4 Å². The number of esters is 4. The number of phosphoric acid groups is 2. The van der Waals surface area contributed by atoms with Crippen molar-refractivity contribution in [2.75, 3.05) is 39.6 Å². The van der Waals surface area contributed by atoms with Gasteiger partial charge in [-0.05, 0) is 49.4 Å². The molecule has 0 heterocycles. The van der Waals surface area contributed by atoms with E-state index in [1.165, 1.54) is 218 Å². The summed E-state index contributed by atoms with van der Waals surface area (Å²) in [7, 11) is -9.92. The van der Waals surface area contributed by atoms with E-state index < -0.39 is 97.5 Å². The topological polar surface area (TPSA) is 237 Å². The van der Waals surface area contributed by atoms with Crippen LogP contribution in [-0.4, -0.2) is 96.7 Å². The van der Waals surface area contributed by atoms with Crippen LogP contribution in [0.25, 0.3) is 0 Å². The number of unbranched alkanes of at least 4 members (excludes halogenated alkanes) is 43. The third-order valence-electron chi connectivity index (χ3n) is 19.2. The van der Waals surface area contributed by atoms with Crippen LogP contribution < -0.4 is 0 Å². The molecule has 3 unspecified atom stereocenters. The third-order valence-corrected chi connectivity index (χ3v) is 21.1. The lowest BCUT2D eigenvalue weighted by molar-refractivity contribution is -0.161. The molecule has 0 saturated carbocycles. The van der Waals surface area contributed by atoms with Gasteiger partial charge in [0, 0.05) is 25.7 Å². The van der Waals surface area contributed by atoms with Crippen LogP contribution in [0.3, 0.4) is 0 Å². The van der Waals surface area contributed by atoms with Gasteiger partial charge in [-0.15, -0.1) is 0 Å². The van der Waals surface area contributed by atoms with E-state index in [0.717, 1.165) is 114 Å². The molecule has 0 spiro atoms. The van der Waals surface area contributed by atoms with Gasteiger partial charge in [-0.25, -0.2) is 9.13 Å². The van der Waals surface area contributed by atoms with Crippen molar-refractivity contribution in [2.45, 2.75) is 433 Å². The van der Waals surface area contributed by atoms with Crippen molar-refractivity contribution in [3.63, 3.8) is 0 Å². The molecule has 19 heteroatoms. The molecule has 0 aliphatic rings. The highest BCUT2D eigenvalue weighted by molar-refractivity contribution is 7.47. The van der Waals surface area contributed by atoms with Crippen molar-refractivity contribution >= 4 is 39.5 Å². The summed E-state index contributed by atoms with van der Waals surface area (Å²) < 4.78 is 68.8. The number of hydrogen-bond acceptors (Lipinski definition) is 15. The Bertz CT molecular complexity index is 1960. The van der Waals surface area contributed by atoms with Gasteiger partial charge in [0.25, 0.3) is 0 Å². The van der Waals surface area contributed by atoms with Gasteiger partial charge in [-0.2, -0.15) is 0 Å². The summed E-state index contributed by atoms with van der Waals surface area (Å²) in [5.41, 5.74) is 0. The van der Waals surface area contributed by atoms with E-state index in [-0.39, 0.29) is 25.7 Å². The Morgan fingerprint density at radius 1 is 0.280 bits per heavy atom. The Balaban J connectivity index is 5.27. The second kappa shape index (κ2) is 70.1. The second-order valence-corrected chi connectivity index (χ2v) is 33.7. The summed E-state index contributed by atoms with van der Waals surface area (Å²) in [5.74, 6) is 1.03. The van der Waals surface area contributed by atoms with Crippen molar-refractivity contribution in [1.82, 2.24) is 0 Å². The molecular weight excluding hydrogens is 1310 g/mol. The molecule has 0 rings (SSSR count). The predicted molar refractivity (Wildman–Crippen MR) is 409 cm³/mol. The number of carbonyl (C=O) groups excluding carboxylic acids is 4. The zero-order valence-electron chi connectivity index (χ0n) is 65.8. The van der Waals surface area contributed by atoms with Crippen molar-refractivity contribution in [1.29, 1.82) is 0 Å². The number of rotatable bonds is 78. The molecule has 0 aromatic heterocycles. The summed E-state index contributed by atoms with van der Waals surface area (Å²) >= 11 is 0. The fourth-order valence-electron chi connectivity index (χ4n) is 12.4. The molecule has 17 nitrogen and oxygen atoms in total.